The minimum atomic E-state index is -0.457. The molecule has 0 aliphatic heterocycles. The third-order valence-corrected chi connectivity index (χ3v) is 3.08. The summed E-state index contributed by atoms with van der Waals surface area (Å²) in [6.07, 6.45) is 6.34. The van der Waals surface area contributed by atoms with E-state index in [0.29, 0.717) is 5.57 Å². The Labute approximate surface area is 116 Å². The van der Waals surface area contributed by atoms with Crippen LogP contribution in [0.15, 0.2) is 48.7 Å². The van der Waals surface area contributed by atoms with Crippen LogP contribution in [-0.2, 0) is 4.79 Å². The molecule has 97 valence electrons. The number of pyridine rings is 1. The van der Waals surface area contributed by atoms with Gasteiger partial charge in [-0.25, -0.2) is 4.98 Å². The van der Waals surface area contributed by atoms with Crippen LogP contribution in [0.4, 0.5) is 0 Å². The summed E-state index contributed by atoms with van der Waals surface area (Å²) in [5, 5.41) is 0.929. The van der Waals surface area contributed by atoms with Crippen molar-refractivity contribution in [3.05, 3.63) is 66.0 Å². The number of amides is 1. The predicted octanol–water partition coefficient (Wildman–Crippen LogP) is 2.39. The lowest BCUT2D eigenvalue weighted by atomic mass is 10.0. The Morgan fingerprint density at radius 1 is 1.25 bits per heavy atom. The summed E-state index contributed by atoms with van der Waals surface area (Å²) in [5.41, 5.74) is 8.36. The number of aromatic amines is 1. The minimum absolute atomic E-state index is 0.457. The summed E-state index contributed by atoms with van der Waals surface area (Å²) in [6.45, 7) is 0. The van der Waals surface area contributed by atoms with E-state index in [-0.39, 0.29) is 0 Å². The van der Waals surface area contributed by atoms with Gasteiger partial charge >= 0.3 is 0 Å². The Balaban J connectivity index is 2.15. The number of primary amides is 1. The molecule has 0 aliphatic rings. The first-order valence-corrected chi connectivity index (χ1v) is 6.17. The van der Waals surface area contributed by atoms with Gasteiger partial charge in [-0.15, -0.1) is 0 Å². The summed E-state index contributed by atoms with van der Waals surface area (Å²) < 4.78 is 0. The van der Waals surface area contributed by atoms with Crippen LogP contribution in [0.2, 0.25) is 0 Å². The Morgan fingerprint density at radius 2 is 2.05 bits per heavy atom. The number of hydrogen-bond acceptors (Lipinski definition) is 2. The van der Waals surface area contributed by atoms with Crippen LogP contribution in [-0.4, -0.2) is 15.9 Å². The van der Waals surface area contributed by atoms with Gasteiger partial charge in [0.15, 0.2) is 0 Å². The maximum Gasteiger partial charge on any atom is 0.249 e. The fraction of sp³-hybridized carbons (Fsp3) is 0. The standard InChI is InChI=1S/C16H12N3O/c17-15(20)14(11-5-2-1-3-6-11)9-12-10-19-16-13(12)7-4-8-18-16/h1-7,9-10H,(H2,17,20)(H,18,19). The number of aromatic nitrogens is 2. The zero-order chi connectivity index (χ0) is 13.9. The molecule has 2 heterocycles. The molecule has 0 atom stereocenters. The number of nitrogens with zero attached hydrogens (tertiary/aromatic N) is 1. The summed E-state index contributed by atoms with van der Waals surface area (Å²) in [6, 6.07) is 13.0. The molecule has 0 bridgehead atoms. The van der Waals surface area contributed by atoms with Crippen molar-refractivity contribution >= 4 is 28.6 Å². The zero-order valence-electron chi connectivity index (χ0n) is 10.6. The van der Waals surface area contributed by atoms with E-state index in [4.69, 9.17) is 5.73 Å². The molecule has 0 unspecified atom stereocenters. The van der Waals surface area contributed by atoms with Gasteiger partial charge in [0.25, 0.3) is 0 Å². The molecule has 4 nitrogen and oxygen atoms in total. The van der Waals surface area contributed by atoms with Crippen molar-refractivity contribution in [2.45, 2.75) is 0 Å². The second-order valence-electron chi connectivity index (χ2n) is 4.37. The molecule has 1 aromatic carbocycles. The number of rotatable bonds is 3. The van der Waals surface area contributed by atoms with Gasteiger partial charge in [-0.2, -0.15) is 0 Å². The number of nitrogens with two attached hydrogens (primary N) is 1. The van der Waals surface area contributed by atoms with Crippen LogP contribution in [0, 0.1) is 6.20 Å². The van der Waals surface area contributed by atoms with Crippen LogP contribution >= 0.6 is 0 Å². The number of H-pyrrole nitrogens is 1. The number of benzene rings is 1. The van der Waals surface area contributed by atoms with Gasteiger partial charge in [-0.1, -0.05) is 30.3 Å². The maximum atomic E-state index is 11.7. The zero-order valence-corrected chi connectivity index (χ0v) is 10.6. The number of carbonyl (C=O) groups is 1. The first kappa shape index (κ1) is 12.2. The maximum absolute atomic E-state index is 11.7. The lowest BCUT2D eigenvalue weighted by molar-refractivity contribution is -0.112. The predicted molar refractivity (Wildman–Crippen MR) is 78.4 cm³/mol. The third-order valence-electron chi connectivity index (χ3n) is 3.08. The highest BCUT2D eigenvalue weighted by Gasteiger charge is 2.10. The van der Waals surface area contributed by atoms with Crippen molar-refractivity contribution in [3.63, 3.8) is 0 Å². The van der Waals surface area contributed by atoms with Gasteiger partial charge in [0.2, 0.25) is 5.91 Å². The number of carbonyl (C=O) groups excluding carboxylic acids is 1. The van der Waals surface area contributed by atoms with E-state index < -0.39 is 5.91 Å². The van der Waals surface area contributed by atoms with E-state index in [1.54, 1.807) is 18.3 Å². The number of fused-ring (bicyclic) bond motifs is 1. The summed E-state index contributed by atoms with van der Waals surface area (Å²) >= 11 is 0. The van der Waals surface area contributed by atoms with Gasteiger partial charge in [-0.05, 0) is 23.8 Å². The smallest absolute Gasteiger partial charge is 0.249 e. The van der Waals surface area contributed by atoms with Gasteiger partial charge < -0.3 is 10.7 Å². The molecule has 0 fully saturated rings. The van der Waals surface area contributed by atoms with Crippen LogP contribution in [0.5, 0.6) is 0 Å². The molecule has 0 saturated heterocycles. The largest absolute Gasteiger partial charge is 0.366 e. The van der Waals surface area contributed by atoms with Gasteiger partial charge in [0, 0.05) is 22.7 Å². The second-order valence-corrected chi connectivity index (χ2v) is 4.37. The van der Waals surface area contributed by atoms with Crippen molar-refractivity contribution in [2.24, 2.45) is 5.73 Å². The molecule has 3 rings (SSSR count). The quantitative estimate of drug-likeness (QED) is 0.711. The average molecular weight is 262 g/mol. The fourth-order valence-electron chi connectivity index (χ4n) is 2.12. The van der Waals surface area contributed by atoms with Crippen molar-refractivity contribution < 1.29 is 4.79 Å². The van der Waals surface area contributed by atoms with Crippen molar-refractivity contribution in [2.75, 3.05) is 0 Å². The van der Waals surface area contributed by atoms with Crippen molar-refractivity contribution in [3.8, 4) is 0 Å². The van der Waals surface area contributed by atoms with Crippen LogP contribution in [0.1, 0.15) is 11.1 Å². The van der Waals surface area contributed by atoms with E-state index in [2.05, 4.69) is 16.2 Å². The number of hydrogen-bond donors (Lipinski definition) is 2. The minimum Gasteiger partial charge on any atom is -0.366 e. The lowest BCUT2D eigenvalue weighted by Crippen LogP contribution is -2.12. The van der Waals surface area contributed by atoms with Gasteiger partial charge in [0.05, 0.1) is 6.20 Å². The molecule has 1 amide bonds. The molecule has 3 N–H and O–H groups in total. The molecular weight excluding hydrogens is 250 g/mol. The molecule has 20 heavy (non-hydrogen) atoms. The Morgan fingerprint density at radius 3 is 2.80 bits per heavy atom. The lowest BCUT2D eigenvalue weighted by Gasteiger charge is -2.03. The molecular formula is C16H12N3O. The average Bonchev–Trinajstić information content (AvgIpc) is 2.88. The topological polar surface area (TPSA) is 71.8 Å². The Kier molecular flexibility index (Phi) is 3.05. The Hall–Kier alpha value is -2.88. The van der Waals surface area contributed by atoms with Gasteiger partial charge in [-0.3, -0.25) is 4.79 Å². The first-order valence-electron chi connectivity index (χ1n) is 6.17. The second kappa shape index (κ2) is 5.01. The van der Waals surface area contributed by atoms with E-state index in [1.165, 1.54) is 0 Å². The molecule has 0 spiro atoms. The normalized spacial score (nSPS) is 11.7. The Bertz CT molecular complexity index is 788. The fourth-order valence-corrected chi connectivity index (χ4v) is 2.12. The van der Waals surface area contributed by atoms with Gasteiger partial charge in [0.1, 0.15) is 5.65 Å². The van der Waals surface area contributed by atoms with Crippen LogP contribution in [0.3, 0.4) is 0 Å². The highest BCUT2D eigenvalue weighted by molar-refractivity contribution is 6.24. The van der Waals surface area contributed by atoms with E-state index in [1.807, 2.05) is 36.4 Å². The number of nitrogens with one attached hydrogen (secondary N) is 1. The highest BCUT2D eigenvalue weighted by atomic mass is 16.1. The van der Waals surface area contributed by atoms with Crippen LogP contribution in [0.25, 0.3) is 22.7 Å². The summed E-state index contributed by atoms with van der Waals surface area (Å²) in [4.78, 5) is 18.8. The molecule has 4 heteroatoms. The van der Waals surface area contributed by atoms with Crippen LogP contribution < -0.4 is 5.73 Å². The molecule has 1 radical (unpaired) electrons. The third kappa shape index (κ3) is 2.19. The molecule has 0 saturated carbocycles. The monoisotopic (exact) mass is 262 g/mol. The van der Waals surface area contributed by atoms with Crippen molar-refractivity contribution in [1.29, 1.82) is 0 Å². The summed E-state index contributed by atoms with van der Waals surface area (Å²) in [5.74, 6) is -0.457. The SMILES string of the molecule is NC(=O)C(=Cc1c[nH]c2n[c]ccc12)c1ccccc1. The first-order chi connectivity index (χ1) is 9.75. The van der Waals surface area contributed by atoms with E-state index in [0.717, 1.165) is 22.2 Å². The van der Waals surface area contributed by atoms with E-state index in [9.17, 15) is 4.79 Å². The molecule has 2 aromatic heterocycles. The van der Waals surface area contributed by atoms with E-state index >= 15 is 0 Å². The molecule has 0 aliphatic carbocycles. The van der Waals surface area contributed by atoms with Crippen molar-refractivity contribution in [1.82, 2.24) is 9.97 Å². The summed E-state index contributed by atoms with van der Waals surface area (Å²) in [7, 11) is 0. The highest BCUT2D eigenvalue weighted by Crippen LogP contribution is 2.22. The molecule has 3 aromatic rings.